The van der Waals surface area contributed by atoms with Gasteiger partial charge in [-0.15, -0.1) is 0 Å². The van der Waals surface area contributed by atoms with Crippen molar-refractivity contribution in [2.45, 2.75) is 44.6 Å². The summed E-state index contributed by atoms with van der Waals surface area (Å²) in [5.74, 6) is 0.217. The van der Waals surface area contributed by atoms with E-state index in [1.54, 1.807) is 9.58 Å². The molecule has 0 saturated carbocycles. The molecule has 7 nitrogen and oxygen atoms in total. The van der Waals surface area contributed by atoms with Gasteiger partial charge in [-0.3, -0.25) is 9.48 Å². The zero-order valence-corrected chi connectivity index (χ0v) is 14.9. The maximum atomic E-state index is 12.9. The van der Waals surface area contributed by atoms with Crippen molar-refractivity contribution in [2.24, 2.45) is 7.05 Å². The van der Waals surface area contributed by atoms with Crippen LogP contribution in [0.1, 0.15) is 29.9 Å². The summed E-state index contributed by atoms with van der Waals surface area (Å²) in [6, 6.07) is 2.67. The first-order chi connectivity index (χ1) is 12.7. The van der Waals surface area contributed by atoms with Crippen LogP contribution in [0.15, 0.2) is 18.5 Å². The number of carbonyl (C=O) groups excluding carboxylic acids is 1. The molecular formula is C17H19F3N6O. The molecule has 0 aliphatic carbocycles. The van der Waals surface area contributed by atoms with Gasteiger partial charge in [-0.05, 0) is 19.4 Å². The van der Waals surface area contributed by atoms with Gasteiger partial charge in [0.15, 0.2) is 0 Å². The zero-order valence-electron chi connectivity index (χ0n) is 14.9. The van der Waals surface area contributed by atoms with E-state index in [0.717, 1.165) is 23.8 Å². The summed E-state index contributed by atoms with van der Waals surface area (Å²) in [5.41, 5.74) is 0.841. The Morgan fingerprint density at radius 3 is 2.67 bits per heavy atom. The van der Waals surface area contributed by atoms with Crippen LogP contribution in [0.25, 0.3) is 0 Å². The van der Waals surface area contributed by atoms with Crippen LogP contribution in [0, 0.1) is 6.92 Å². The highest BCUT2D eigenvalue weighted by Gasteiger charge is 2.47. The summed E-state index contributed by atoms with van der Waals surface area (Å²) in [7, 11) is 1.83. The molecule has 0 spiro atoms. The number of anilines is 1. The molecule has 10 heteroatoms. The Hall–Kier alpha value is -2.65. The molecule has 2 saturated heterocycles. The molecule has 1 amide bonds. The summed E-state index contributed by atoms with van der Waals surface area (Å²) < 4.78 is 40.6. The van der Waals surface area contributed by atoms with E-state index in [9.17, 15) is 18.0 Å². The lowest BCUT2D eigenvalue weighted by Crippen LogP contribution is -2.37. The summed E-state index contributed by atoms with van der Waals surface area (Å²) in [6.45, 7) is 2.89. The lowest BCUT2D eigenvalue weighted by atomic mass is 10.1. The first kappa shape index (κ1) is 17.7. The molecule has 4 rings (SSSR count). The molecule has 0 unspecified atom stereocenters. The number of fused-ring (bicyclic) bond motifs is 1. The fraction of sp³-hybridized carbons (Fsp3) is 0.529. The van der Waals surface area contributed by atoms with Crippen molar-refractivity contribution < 1.29 is 18.0 Å². The second-order valence-electron chi connectivity index (χ2n) is 7.00. The third kappa shape index (κ3) is 3.13. The van der Waals surface area contributed by atoms with E-state index < -0.39 is 11.9 Å². The number of alkyl halides is 3. The molecule has 2 atom stereocenters. The molecule has 2 aliphatic heterocycles. The number of carbonyl (C=O) groups is 1. The first-order valence-corrected chi connectivity index (χ1v) is 8.69. The lowest BCUT2D eigenvalue weighted by Gasteiger charge is -2.26. The highest BCUT2D eigenvalue weighted by Crippen LogP contribution is 2.37. The minimum Gasteiger partial charge on any atom is -0.351 e. The van der Waals surface area contributed by atoms with Crippen LogP contribution in [0.3, 0.4) is 0 Å². The predicted molar refractivity (Wildman–Crippen MR) is 89.7 cm³/mol. The molecule has 0 radical (unpaired) electrons. The number of hydrogen-bond donors (Lipinski definition) is 0. The largest absolute Gasteiger partial charge is 0.433 e. The predicted octanol–water partition coefficient (Wildman–Crippen LogP) is 1.92. The average Bonchev–Trinajstić information content (AvgIpc) is 3.23. The Morgan fingerprint density at radius 2 is 2.00 bits per heavy atom. The van der Waals surface area contributed by atoms with Crippen LogP contribution in [0.2, 0.25) is 0 Å². The number of amides is 1. The third-order valence-corrected chi connectivity index (χ3v) is 5.28. The quantitative estimate of drug-likeness (QED) is 0.814. The first-order valence-electron chi connectivity index (χ1n) is 8.69. The van der Waals surface area contributed by atoms with Gasteiger partial charge in [0.05, 0.1) is 30.0 Å². The second kappa shape index (κ2) is 6.21. The molecule has 27 heavy (non-hydrogen) atoms. The van der Waals surface area contributed by atoms with E-state index in [-0.39, 0.29) is 30.2 Å². The van der Waals surface area contributed by atoms with E-state index in [4.69, 9.17) is 0 Å². The molecular weight excluding hydrogens is 361 g/mol. The number of halogens is 3. The van der Waals surface area contributed by atoms with Gasteiger partial charge in [0.25, 0.3) is 0 Å². The SMILES string of the molecule is Cc1cc(CN2C(=O)C[C@H]3[C@@H]2CCN3c2cc(C(F)(F)F)ncn2)n(C)n1. The summed E-state index contributed by atoms with van der Waals surface area (Å²) >= 11 is 0. The number of aryl methyl sites for hydroxylation is 2. The van der Waals surface area contributed by atoms with Crippen molar-refractivity contribution in [3.8, 4) is 0 Å². The van der Waals surface area contributed by atoms with Crippen LogP contribution in [-0.4, -0.2) is 49.2 Å². The maximum absolute atomic E-state index is 12.9. The van der Waals surface area contributed by atoms with Crippen molar-refractivity contribution in [3.05, 3.63) is 35.5 Å². The van der Waals surface area contributed by atoms with Gasteiger partial charge in [-0.1, -0.05) is 0 Å². The third-order valence-electron chi connectivity index (χ3n) is 5.28. The number of hydrogen-bond acceptors (Lipinski definition) is 5. The maximum Gasteiger partial charge on any atom is 0.433 e. The Balaban J connectivity index is 1.56. The van der Waals surface area contributed by atoms with Gasteiger partial charge in [-0.2, -0.15) is 18.3 Å². The fourth-order valence-electron chi connectivity index (χ4n) is 4.06. The molecule has 2 aromatic rings. The van der Waals surface area contributed by atoms with E-state index >= 15 is 0 Å². The molecule has 0 N–H and O–H groups in total. The number of rotatable bonds is 3. The van der Waals surface area contributed by atoms with Gasteiger partial charge in [0.1, 0.15) is 17.8 Å². The molecule has 4 heterocycles. The normalized spacial score (nSPS) is 22.6. The van der Waals surface area contributed by atoms with Crippen LogP contribution in [0.4, 0.5) is 19.0 Å². The van der Waals surface area contributed by atoms with E-state index in [2.05, 4.69) is 15.1 Å². The van der Waals surface area contributed by atoms with Crippen molar-refractivity contribution in [3.63, 3.8) is 0 Å². The number of aromatic nitrogens is 4. The second-order valence-corrected chi connectivity index (χ2v) is 7.00. The monoisotopic (exact) mass is 380 g/mol. The number of nitrogens with zero attached hydrogens (tertiary/aromatic N) is 6. The Labute approximate surface area is 153 Å². The van der Waals surface area contributed by atoms with E-state index in [1.165, 1.54) is 0 Å². The standard InChI is InChI=1S/C17H19F3N6O/c1-10-5-11(24(2)23-10)8-26-12-3-4-25(13(12)6-16(26)27)15-7-14(17(18,19)20)21-9-22-15/h5,7,9,12-13H,3-4,6,8H2,1-2H3/t12-,13-/m0/s1. The van der Waals surface area contributed by atoms with Crippen molar-refractivity contribution in [1.29, 1.82) is 0 Å². The molecule has 0 bridgehead atoms. The van der Waals surface area contributed by atoms with Gasteiger partial charge in [0.2, 0.25) is 5.91 Å². The van der Waals surface area contributed by atoms with Crippen molar-refractivity contribution >= 4 is 11.7 Å². The minimum atomic E-state index is -4.52. The Bertz CT molecular complexity index is 880. The molecule has 2 fully saturated rings. The van der Waals surface area contributed by atoms with Gasteiger partial charge < -0.3 is 9.80 Å². The van der Waals surface area contributed by atoms with Gasteiger partial charge in [-0.25, -0.2) is 9.97 Å². The van der Waals surface area contributed by atoms with Crippen LogP contribution in [0.5, 0.6) is 0 Å². The molecule has 0 aromatic carbocycles. The average molecular weight is 380 g/mol. The van der Waals surface area contributed by atoms with Crippen LogP contribution >= 0.6 is 0 Å². The number of likely N-dealkylation sites (tertiary alicyclic amines) is 1. The summed E-state index contributed by atoms with van der Waals surface area (Å²) in [4.78, 5) is 23.5. The van der Waals surface area contributed by atoms with E-state index in [0.29, 0.717) is 19.5 Å². The Kier molecular flexibility index (Phi) is 4.08. The summed E-state index contributed by atoms with van der Waals surface area (Å²) in [6.07, 6.45) is -2.63. The van der Waals surface area contributed by atoms with Crippen molar-refractivity contribution in [2.75, 3.05) is 11.4 Å². The van der Waals surface area contributed by atoms with Crippen LogP contribution < -0.4 is 4.90 Å². The Morgan fingerprint density at radius 1 is 1.22 bits per heavy atom. The van der Waals surface area contributed by atoms with Crippen LogP contribution in [-0.2, 0) is 24.6 Å². The van der Waals surface area contributed by atoms with E-state index in [1.807, 2.05) is 24.9 Å². The smallest absolute Gasteiger partial charge is 0.351 e. The molecule has 144 valence electrons. The lowest BCUT2D eigenvalue weighted by molar-refractivity contribution is -0.141. The highest BCUT2D eigenvalue weighted by atomic mass is 19.4. The van der Waals surface area contributed by atoms with Gasteiger partial charge in [0, 0.05) is 26.1 Å². The molecule has 2 aliphatic rings. The summed E-state index contributed by atoms with van der Waals surface area (Å²) in [5, 5.41) is 4.30. The molecule has 2 aromatic heterocycles. The fourth-order valence-corrected chi connectivity index (χ4v) is 4.06. The zero-order chi connectivity index (χ0) is 19.3. The van der Waals surface area contributed by atoms with Crippen molar-refractivity contribution in [1.82, 2.24) is 24.6 Å². The topological polar surface area (TPSA) is 67.2 Å². The highest BCUT2D eigenvalue weighted by molar-refractivity contribution is 5.81. The van der Waals surface area contributed by atoms with Gasteiger partial charge >= 0.3 is 6.18 Å². The minimum absolute atomic E-state index is 0.00125.